The molecule has 1 saturated heterocycles. The van der Waals surface area contributed by atoms with Gasteiger partial charge in [0.05, 0.1) is 6.54 Å². The van der Waals surface area contributed by atoms with Gasteiger partial charge in [0.2, 0.25) is 11.9 Å². The van der Waals surface area contributed by atoms with Gasteiger partial charge in [-0.3, -0.25) is 10.1 Å². The molecule has 3 rings (SSSR count). The standard InChI is InChI=1S/C17H22N4O3S.ClH/c1-25(23,24)17(7-9-18-10-8-17)15(22)20-16-19-11-12-21(16)13-14-5-3-2-4-6-14;/h2-6,11-12,18H,7-10,13H2,1H3,(H,19,20,22);1H. The van der Waals surface area contributed by atoms with Crippen LogP contribution in [0.3, 0.4) is 0 Å². The number of rotatable bonds is 5. The van der Waals surface area contributed by atoms with E-state index < -0.39 is 20.5 Å². The third-order valence-corrected chi connectivity index (χ3v) is 6.68. The molecular formula is C17H23ClN4O3S. The molecule has 1 fully saturated rings. The van der Waals surface area contributed by atoms with Crippen molar-refractivity contribution < 1.29 is 13.2 Å². The highest BCUT2D eigenvalue weighted by molar-refractivity contribution is 7.92. The predicted molar refractivity (Wildman–Crippen MR) is 103 cm³/mol. The number of piperidine rings is 1. The molecule has 142 valence electrons. The second-order valence-electron chi connectivity index (χ2n) is 6.33. The first-order valence-electron chi connectivity index (χ1n) is 8.19. The zero-order valence-electron chi connectivity index (χ0n) is 14.5. The van der Waals surface area contributed by atoms with Gasteiger partial charge in [0.25, 0.3) is 0 Å². The van der Waals surface area contributed by atoms with Crippen molar-refractivity contribution in [3.8, 4) is 0 Å². The maximum absolute atomic E-state index is 12.9. The fourth-order valence-electron chi connectivity index (χ4n) is 3.15. The zero-order chi connectivity index (χ0) is 17.9. The van der Waals surface area contributed by atoms with Crippen LogP contribution in [0, 0.1) is 0 Å². The Labute approximate surface area is 159 Å². The van der Waals surface area contributed by atoms with Crippen LogP contribution in [0.4, 0.5) is 5.95 Å². The van der Waals surface area contributed by atoms with Crippen LogP contribution in [0.5, 0.6) is 0 Å². The van der Waals surface area contributed by atoms with Crippen molar-refractivity contribution >= 4 is 34.1 Å². The average Bonchev–Trinajstić information content (AvgIpc) is 3.02. The molecule has 1 aromatic carbocycles. The quantitative estimate of drug-likeness (QED) is 0.795. The number of carbonyl (C=O) groups excluding carboxylic acids is 1. The first-order chi connectivity index (χ1) is 11.9. The smallest absolute Gasteiger partial charge is 0.248 e. The monoisotopic (exact) mass is 398 g/mol. The predicted octanol–water partition coefficient (Wildman–Crippen LogP) is 1.46. The number of nitrogens with one attached hydrogen (secondary N) is 2. The largest absolute Gasteiger partial charge is 0.317 e. The summed E-state index contributed by atoms with van der Waals surface area (Å²) in [7, 11) is -3.55. The molecular weight excluding hydrogens is 376 g/mol. The lowest BCUT2D eigenvalue weighted by Gasteiger charge is -2.34. The van der Waals surface area contributed by atoms with Gasteiger partial charge in [-0.1, -0.05) is 30.3 Å². The summed E-state index contributed by atoms with van der Waals surface area (Å²) in [6.45, 7) is 1.54. The van der Waals surface area contributed by atoms with Crippen LogP contribution in [0.15, 0.2) is 42.7 Å². The fraction of sp³-hybridized carbons (Fsp3) is 0.412. The molecule has 0 bridgehead atoms. The highest BCUT2D eigenvalue weighted by atomic mass is 35.5. The van der Waals surface area contributed by atoms with Crippen molar-refractivity contribution in [3.05, 3.63) is 48.3 Å². The van der Waals surface area contributed by atoms with E-state index in [1.165, 1.54) is 0 Å². The second-order valence-corrected chi connectivity index (χ2v) is 8.66. The van der Waals surface area contributed by atoms with Gasteiger partial charge in [0, 0.05) is 18.6 Å². The van der Waals surface area contributed by atoms with E-state index in [0.717, 1.165) is 11.8 Å². The van der Waals surface area contributed by atoms with Crippen molar-refractivity contribution in [2.24, 2.45) is 0 Å². The van der Waals surface area contributed by atoms with E-state index in [0.29, 0.717) is 25.6 Å². The van der Waals surface area contributed by atoms with Gasteiger partial charge in [-0.05, 0) is 31.5 Å². The molecule has 2 N–H and O–H groups in total. The molecule has 1 aliphatic rings. The summed E-state index contributed by atoms with van der Waals surface area (Å²) in [5, 5.41) is 5.84. The average molecular weight is 399 g/mol. The number of anilines is 1. The molecule has 7 nitrogen and oxygen atoms in total. The Morgan fingerprint density at radius 3 is 2.54 bits per heavy atom. The number of hydrogen-bond donors (Lipinski definition) is 2. The fourth-order valence-corrected chi connectivity index (χ4v) is 4.49. The molecule has 1 aromatic heterocycles. The molecule has 1 aliphatic heterocycles. The van der Waals surface area contributed by atoms with Crippen molar-refractivity contribution in [2.45, 2.75) is 24.1 Å². The highest BCUT2D eigenvalue weighted by Gasteiger charge is 2.48. The van der Waals surface area contributed by atoms with Crippen LogP contribution in [-0.4, -0.2) is 48.0 Å². The molecule has 2 aromatic rings. The number of carbonyl (C=O) groups is 1. The third-order valence-electron chi connectivity index (χ3n) is 4.67. The minimum atomic E-state index is -3.55. The summed E-state index contributed by atoms with van der Waals surface area (Å²) in [4.78, 5) is 17.0. The minimum Gasteiger partial charge on any atom is -0.317 e. The van der Waals surface area contributed by atoms with Gasteiger partial charge < -0.3 is 9.88 Å². The molecule has 0 unspecified atom stereocenters. The van der Waals surface area contributed by atoms with E-state index in [1.54, 1.807) is 17.0 Å². The molecule has 0 spiro atoms. The summed E-state index contributed by atoms with van der Waals surface area (Å²) in [6, 6.07) is 9.79. The molecule has 9 heteroatoms. The molecule has 0 aliphatic carbocycles. The van der Waals surface area contributed by atoms with E-state index >= 15 is 0 Å². The van der Waals surface area contributed by atoms with Crippen molar-refractivity contribution in [2.75, 3.05) is 24.7 Å². The number of imidazole rings is 1. The Hall–Kier alpha value is -1.90. The molecule has 1 amide bonds. The number of hydrogen-bond acceptors (Lipinski definition) is 5. The molecule has 26 heavy (non-hydrogen) atoms. The normalized spacial score (nSPS) is 16.5. The van der Waals surface area contributed by atoms with Crippen LogP contribution in [0.2, 0.25) is 0 Å². The number of benzene rings is 1. The number of halogens is 1. The lowest BCUT2D eigenvalue weighted by molar-refractivity contribution is -0.119. The minimum absolute atomic E-state index is 0. The molecule has 0 atom stereocenters. The molecule has 2 heterocycles. The van der Waals surface area contributed by atoms with Crippen LogP contribution in [0.1, 0.15) is 18.4 Å². The zero-order valence-corrected chi connectivity index (χ0v) is 16.1. The van der Waals surface area contributed by atoms with Crippen LogP contribution in [0.25, 0.3) is 0 Å². The van der Waals surface area contributed by atoms with Crippen LogP contribution < -0.4 is 10.6 Å². The number of aromatic nitrogens is 2. The van der Waals surface area contributed by atoms with Gasteiger partial charge in [0.1, 0.15) is 0 Å². The first kappa shape index (κ1) is 20.4. The topological polar surface area (TPSA) is 93.1 Å². The first-order valence-corrected chi connectivity index (χ1v) is 10.1. The van der Waals surface area contributed by atoms with Gasteiger partial charge in [-0.2, -0.15) is 0 Å². The Morgan fingerprint density at radius 2 is 1.92 bits per heavy atom. The van der Waals surface area contributed by atoms with Crippen molar-refractivity contribution in [1.29, 1.82) is 0 Å². The van der Waals surface area contributed by atoms with Gasteiger partial charge in [0.15, 0.2) is 14.6 Å². The molecule has 0 radical (unpaired) electrons. The van der Waals surface area contributed by atoms with E-state index in [9.17, 15) is 13.2 Å². The van der Waals surface area contributed by atoms with Gasteiger partial charge in [-0.25, -0.2) is 13.4 Å². The summed E-state index contributed by atoms with van der Waals surface area (Å²) in [5.74, 6) is -0.146. The highest BCUT2D eigenvalue weighted by Crippen LogP contribution is 2.29. The van der Waals surface area contributed by atoms with E-state index in [4.69, 9.17) is 0 Å². The summed E-state index contributed by atoms with van der Waals surface area (Å²) in [6.07, 6.45) is 5.01. The van der Waals surface area contributed by atoms with E-state index in [1.807, 2.05) is 30.3 Å². The third kappa shape index (κ3) is 4.08. The van der Waals surface area contributed by atoms with Gasteiger partial charge in [-0.15, -0.1) is 12.4 Å². The van der Waals surface area contributed by atoms with Crippen LogP contribution in [-0.2, 0) is 21.2 Å². The van der Waals surface area contributed by atoms with E-state index in [-0.39, 0.29) is 25.2 Å². The number of sulfone groups is 1. The lowest BCUT2D eigenvalue weighted by atomic mass is 9.96. The second kappa shape index (κ2) is 8.20. The van der Waals surface area contributed by atoms with Crippen molar-refractivity contribution in [1.82, 2.24) is 14.9 Å². The Kier molecular flexibility index (Phi) is 6.44. The summed E-state index contributed by atoms with van der Waals surface area (Å²) >= 11 is 0. The lowest BCUT2D eigenvalue weighted by Crippen LogP contribution is -2.55. The Morgan fingerprint density at radius 1 is 1.27 bits per heavy atom. The van der Waals surface area contributed by atoms with Gasteiger partial charge >= 0.3 is 0 Å². The van der Waals surface area contributed by atoms with Crippen LogP contribution >= 0.6 is 12.4 Å². The summed E-state index contributed by atoms with van der Waals surface area (Å²) < 4.78 is 25.1. The molecule has 0 saturated carbocycles. The number of nitrogens with zero attached hydrogens (tertiary/aromatic N) is 2. The maximum atomic E-state index is 12.9. The maximum Gasteiger partial charge on any atom is 0.248 e. The van der Waals surface area contributed by atoms with E-state index in [2.05, 4.69) is 15.6 Å². The Balaban J connectivity index is 0.00000243. The van der Waals surface area contributed by atoms with Crippen molar-refractivity contribution in [3.63, 3.8) is 0 Å². The SMILES string of the molecule is CS(=O)(=O)C1(C(=O)Nc2nccn2Cc2ccccc2)CCNCC1.Cl. The Bertz CT molecular complexity index is 846. The number of amides is 1. The summed E-state index contributed by atoms with van der Waals surface area (Å²) in [5.41, 5.74) is 1.07.